The van der Waals surface area contributed by atoms with Gasteiger partial charge in [-0.3, -0.25) is 0 Å². The fraction of sp³-hybridized carbons (Fsp3) is 0.750. The van der Waals surface area contributed by atoms with Crippen molar-refractivity contribution in [1.82, 2.24) is 0 Å². The van der Waals surface area contributed by atoms with E-state index in [-0.39, 0.29) is 6.42 Å². The topological polar surface area (TPSA) is 40.1 Å². The third-order valence-electron chi connectivity index (χ3n) is 2.16. The Morgan fingerprint density at radius 3 is 2.36 bits per heavy atom. The summed E-state index contributed by atoms with van der Waals surface area (Å²) in [5.41, 5.74) is 0. The van der Waals surface area contributed by atoms with Gasteiger partial charge >= 0.3 is 0 Å². The minimum Gasteiger partial charge on any atom is -0.550 e. The van der Waals surface area contributed by atoms with E-state index in [9.17, 15) is 9.90 Å². The van der Waals surface area contributed by atoms with Gasteiger partial charge in [-0.25, -0.2) is 0 Å². The lowest BCUT2D eigenvalue weighted by atomic mass is 10.1. The summed E-state index contributed by atoms with van der Waals surface area (Å²) in [6.07, 6.45) is 12.3. The molecule has 0 aliphatic heterocycles. The fourth-order valence-electron chi connectivity index (χ4n) is 1.30. The first kappa shape index (κ1) is 13.2. The van der Waals surface area contributed by atoms with E-state index in [2.05, 4.69) is 13.0 Å². The number of rotatable bonds is 9. The molecule has 0 radical (unpaired) electrons. The summed E-state index contributed by atoms with van der Waals surface area (Å²) in [4.78, 5) is 10.1. The summed E-state index contributed by atoms with van der Waals surface area (Å²) >= 11 is 0. The Morgan fingerprint density at radius 1 is 1.07 bits per heavy atom. The van der Waals surface area contributed by atoms with Crippen LogP contribution in [0.25, 0.3) is 0 Å². The molecule has 14 heavy (non-hydrogen) atoms. The van der Waals surface area contributed by atoms with Crippen molar-refractivity contribution in [3.8, 4) is 0 Å². The van der Waals surface area contributed by atoms with Gasteiger partial charge in [0.1, 0.15) is 0 Å². The van der Waals surface area contributed by atoms with Crippen LogP contribution in [-0.4, -0.2) is 5.97 Å². The molecular weight excluding hydrogens is 176 g/mol. The number of hydrogen-bond acceptors (Lipinski definition) is 2. The van der Waals surface area contributed by atoms with E-state index in [0.29, 0.717) is 6.42 Å². The number of hydrogen-bond donors (Lipinski definition) is 0. The maximum absolute atomic E-state index is 10.1. The first-order valence-electron chi connectivity index (χ1n) is 5.62. The van der Waals surface area contributed by atoms with Crippen molar-refractivity contribution in [3.63, 3.8) is 0 Å². The van der Waals surface area contributed by atoms with Crippen LogP contribution in [-0.2, 0) is 4.79 Å². The van der Waals surface area contributed by atoms with Crippen molar-refractivity contribution in [2.24, 2.45) is 0 Å². The highest BCUT2D eigenvalue weighted by Crippen LogP contribution is 2.05. The average molecular weight is 197 g/mol. The Morgan fingerprint density at radius 2 is 1.71 bits per heavy atom. The van der Waals surface area contributed by atoms with Crippen LogP contribution in [0.1, 0.15) is 58.3 Å². The third kappa shape index (κ3) is 11.2. The number of aliphatic carboxylic acids is 1. The minimum absolute atomic E-state index is 0.145. The summed E-state index contributed by atoms with van der Waals surface area (Å²) in [6, 6.07) is 0. The predicted octanol–water partition coefficient (Wildman–Crippen LogP) is 2.43. The monoisotopic (exact) mass is 197 g/mol. The van der Waals surface area contributed by atoms with Crippen LogP contribution in [0.15, 0.2) is 12.2 Å². The Bertz CT molecular complexity index is 162. The molecule has 0 bridgehead atoms. The molecule has 0 heterocycles. The zero-order chi connectivity index (χ0) is 10.6. The summed E-state index contributed by atoms with van der Waals surface area (Å²) < 4.78 is 0. The standard InChI is InChI=1S/C12H22O2/c1-2-3-4-5-6-7-8-9-10-11-12(13)14/h8-9H,2-7,10-11H2,1H3,(H,13,14)/p-1. The number of carboxylic acids is 1. The highest BCUT2D eigenvalue weighted by molar-refractivity contribution is 5.64. The van der Waals surface area contributed by atoms with E-state index in [1.807, 2.05) is 6.08 Å². The van der Waals surface area contributed by atoms with Crippen LogP contribution < -0.4 is 5.11 Å². The highest BCUT2D eigenvalue weighted by Gasteiger charge is 1.86. The molecule has 0 saturated carbocycles. The normalized spacial score (nSPS) is 10.9. The predicted molar refractivity (Wildman–Crippen MR) is 56.8 cm³/mol. The number of carbonyl (C=O) groups excluding carboxylic acids is 1. The molecule has 2 nitrogen and oxygen atoms in total. The van der Waals surface area contributed by atoms with Crippen LogP contribution in [0, 0.1) is 0 Å². The lowest BCUT2D eigenvalue weighted by molar-refractivity contribution is -0.305. The molecule has 0 saturated heterocycles. The Hall–Kier alpha value is -0.790. The van der Waals surface area contributed by atoms with Crippen molar-refractivity contribution in [2.45, 2.75) is 58.3 Å². The number of allylic oxidation sites excluding steroid dienone is 2. The van der Waals surface area contributed by atoms with Crippen molar-refractivity contribution in [1.29, 1.82) is 0 Å². The second kappa shape index (κ2) is 10.3. The molecule has 0 spiro atoms. The molecule has 0 unspecified atom stereocenters. The molecule has 0 aliphatic carbocycles. The molecular formula is C12H21O2-. The van der Waals surface area contributed by atoms with E-state index in [1.165, 1.54) is 32.1 Å². The zero-order valence-corrected chi connectivity index (χ0v) is 9.13. The molecule has 0 fully saturated rings. The molecule has 0 aliphatic rings. The van der Waals surface area contributed by atoms with Gasteiger partial charge in [-0.1, -0.05) is 44.8 Å². The largest absolute Gasteiger partial charge is 0.550 e. The maximum Gasteiger partial charge on any atom is 0.0417 e. The van der Waals surface area contributed by atoms with Crippen LogP contribution >= 0.6 is 0 Å². The second-order valence-corrected chi connectivity index (χ2v) is 3.58. The molecule has 0 rings (SSSR count). The summed E-state index contributed by atoms with van der Waals surface area (Å²) in [5, 5.41) is 10.1. The third-order valence-corrected chi connectivity index (χ3v) is 2.16. The minimum atomic E-state index is -0.961. The van der Waals surface area contributed by atoms with Crippen molar-refractivity contribution in [2.75, 3.05) is 0 Å². The fourth-order valence-corrected chi connectivity index (χ4v) is 1.30. The summed E-state index contributed by atoms with van der Waals surface area (Å²) in [6.45, 7) is 2.21. The van der Waals surface area contributed by atoms with E-state index in [4.69, 9.17) is 0 Å². The van der Waals surface area contributed by atoms with Crippen LogP contribution in [0.2, 0.25) is 0 Å². The van der Waals surface area contributed by atoms with Crippen molar-refractivity contribution < 1.29 is 9.90 Å². The lowest BCUT2D eigenvalue weighted by Gasteiger charge is -1.97. The molecule has 0 atom stereocenters. The van der Waals surface area contributed by atoms with E-state index in [0.717, 1.165) is 6.42 Å². The molecule has 0 N–H and O–H groups in total. The first-order chi connectivity index (χ1) is 6.77. The quantitative estimate of drug-likeness (QED) is 0.420. The number of carbonyl (C=O) groups is 1. The second-order valence-electron chi connectivity index (χ2n) is 3.58. The maximum atomic E-state index is 10.1. The number of unbranched alkanes of at least 4 members (excludes halogenated alkanes) is 5. The van der Waals surface area contributed by atoms with Gasteiger partial charge in [-0.15, -0.1) is 0 Å². The molecule has 0 aromatic rings. The highest BCUT2D eigenvalue weighted by atomic mass is 16.4. The van der Waals surface area contributed by atoms with E-state index < -0.39 is 5.97 Å². The molecule has 2 heteroatoms. The van der Waals surface area contributed by atoms with Gasteiger partial charge in [0.25, 0.3) is 0 Å². The van der Waals surface area contributed by atoms with Crippen molar-refractivity contribution >= 4 is 5.97 Å². The average Bonchev–Trinajstić information content (AvgIpc) is 2.15. The first-order valence-corrected chi connectivity index (χ1v) is 5.62. The molecule has 0 aromatic carbocycles. The van der Waals surface area contributed by atoms with E-state index >= 15 is 0 Å². The molecule has 82 valence electrons. The SMILES string of the molecule is CCCCCCCC=CCCC(=O)[O-]. The Balaban J connectivity index is 3.07. The smallest absolute Gasteiger partial charge is 0.0417 e. The van der Waals surface area contributed by atoms with Crippen LogP contribution in [0.3, 0.4) is 0 Å². The summed E-state index contributed by atoms with van der Waals surface area (Å²) in [5.74, 6) is -0.961. The molecule has 0 aromatic heterocycles. The van der Waals surface area contributed by atoms with Gasteiger partial charge in [0.15, 0.2) is 0 Å². The van der Waals surface area contributed by atoms with E-state index in [1.54, 1.807) is 0 Å². The van der Waals surface area contributed by atoms with Gasteiger partial charge < -0.3 is 9.90 Å². The molecule has 0 amide bonds. The van der Waals surface area contributed by atoms with Gasteiger partial charge in [0.05, 0.1) is 0 Å². The Labute approximate surface area is 87.0 Å². The summed E-state index contributed by atoms with van der Waals surface area (Å²) in [7, 11) is 0. The van der Waals surface area contributed by atoms with Gasteiger partial charge in [-0.2, -0.15) is 0 Å². The van der Waals surface area contributed by atoms with Gasteiger partial charge in [0.2, 0.25) is 0 Å². The van der Waals surface area contributed by atoms with Crippen LogP contribution in [0.4, 0.5) is 0 Å². The lowest BCUT2D eigenvalue weighted by Crippen LogP contribution is -2.21. The van der Waals surface area contributed by atoms with Gasteiger partial charge in [-0.05, 0) is 25.7 Å². The van der Waals surface area contributed by atoms with Crippen molar-refractivity contribution in [3.05, 3.63) is 12.2 Å². The van der Waals surface area contributed by atoms with Gasteiger partial charge in [0, 0.05) is 5.97 Å². The zero-order valence-electron chi connectivity index (χ0n) is 9.13. The van der Waals surface area contributed by atoms with Crippen LogP contribution in [0.5, 0.6) is 0 Å². The number of carboxylic acid groups (broad SMARTS) is 1. The Kier molecular flexibility index (Phi) is 9.71.